The molecular formula is C17H15ClN2OS. The number of rotatable bonds is 3. The Morgan fingerprint density at radius 3 is 2.73 bits per heavy atom. The average Bonchev–Trinajstić information content (AvgIpc) is 2.52. The molecule has 3 nitrogen and oxygen atoms in total. The highest BCUT2D eigenvalue weighted by atomic mass is 35.5. The van der Waals surface area contributed by atoms with E-state index in [-0.39, 0.29) is 5.56 Å². The molecule has 1 heterocycles. The van der Waals surface area contributed by atoms with Crippen molar-refractivity contribution in [2.45, 2.75) is 19.0 Å². The zero-order valence-electron chi connectivity index (χ0n) is 12.3. The van der Waals surface area contributed by atoms with Crippen LogP contribution in [0.25, 0.3) is 16.6 Å². The van der Waals surface area contributed by atoms with E-state index in [9.17, 15) is 4.79 Å². The Balaban J connectivity index is 2.41. The largest absolute Gasteiger partial charge is 0.268 e. The van der Waals surface area contributed by atoms with Crippen molar-refractivity contribution in [3.8, 4) is 5.69 Å². The molecule has 0 saturated carbocycles. The number of benzene rings is 2. The molecule has 0 spiro atoms. The minimum Gasteiger partial charge on any atom is -0.268 e. The van der Waals surface area contributed by atoms with E-state index in [1.165, 1.54) is 0 Å². The molecule has 0 amide bonds. The van der Waals surface area contributed by atoms with Gasteiger partial charge in [-0.25, -0.2) is 4.98 Å². The first-order valence-electron chi connectivity index (χ1n) is 7.03. The van der Waals surface area contributed by atoms with Crippen molar-refractivity contribution >= 4 is 34.3 Å². The maximum Gasteiger partial charge on any atom is 0.266 e. The molecule has 0 fully saturated rings. The molecule has 3 aromatic rings. The Kier molecular flexibility index (Phi) is 4.23. The lowest BCUT2D eigenvalue weighted by Crippen LogP contribution is -2.22. The molecule has 2 aromatic carbocycles. The van der Waals surface area contributed by atoms with Crippen LogP contribution in [0, 0.1) is 6.92 Å². The van der Waals surface area contributed by atoms with Crippen molar-refractivity contribution in [1.29, 1.82) is 0 Å². The van der Waals surface area contributed by atoms with Crippen LogP contribution >= 0.6 is 23.4 Å². The van der Waals surface area contributed by atoms with Crippen molar-refractivity contribution in [2.24, 2.45) is 0 Å². The number of nitrogens with zero attached hydrogens (tertiary/aromatic N) is 2. The predicted octanol–water partition coefficient (Wildman–Crippen LogP) is 4.46. The number of thioether (sulfide) groups is 1. The second-order valence-electron chi connectivity index (χ2n) is 4.87. The SMILES string of the molecule is CCSc1nc2ccccc2c(=O)n1-c1cccc(Cl)c1C. The summed E-state index contributed by atoms with van der Waals surface area (Å²) in [4.78, 5) is 17.6. The topological polar surface area (TPSA) is 34.9 Å². The fourth-order valence-corrected chi connectivity index (χ4v) is 3.29. The summed E-state index contributed by atoms with van der Waals surface area (Å²) in [5.41, 5.74) is 2.32. The standard InChI is InChI=1S/C17H15ClN2OS/c1-3-22-17-19-14-9-5-4-7-12(14)16(21)20(17)15-10-6-8-13(18)11(15)2/h4-10H,3H2,1-2H3. The highest BCUT2D eigenvalue weighted by Crippen LogP contribution is 2.26. The normalized spacial score (nSPS) is 11.0. The Morgan fingerprint density at radius 2 is 1.95 bits per heavy atom. The zero-order chi connectivity index (χ0) is 15.7. The zero-order valence-corrected chi connectivity index (χ0v) is 13.9. The summed E-state index contributed by atoms with van der Waals surface area (Å²) in [6.07, 6.45) is 0. The third-order valence-corrected chi connectivity index (χ3v) is 4.73. The van der Waals surface area contributed by atoms with E-state index in [0.29, 0.717) is 15.6 Å². The maximum absolute atomic E-state index is 13.0. The summed E-state index contributed by atoms with van der Waals surface area (Å²) in [7, 11) is 0. The molecule has 0 unspecified atom stereocenters. The summed E-state index contributed by atoms with van der Waals surface area (Å²) < 4.78 is 1.66. The molecular weight excluding hydrogens is 316 g/mol. The Bertz CT molecular complexity index is 905. The van der Waals surface area contributed by atoms with E-state index in [1.54, 1.807) is 22.4 Å². The van der Waals surface area contributed by atoms with Crippen LogP contribution in [0.1, 0.15) is 12.5 Å². The Morgan fingerprint density at radius 1 is 1.18 bits per heavy atom. The van der Waals surface area contributed by atoms with E-state index in [2.05, 4.69) is 4.98 Å². The van der Waals surface area contributed by atoms with Gasteiger partial charge in [-0.2, -0.15) is 0 Å². The van der Waals surface area contributed by atoms with Crippen LogP contribution in [0.3, 0.4) is 0 Å². The van der Waals surface area contributed by atoms with Gasteiger partial charge in [-0.3, -0.25) is 9.36 Å². The summed E-state index contributed by atoms with van der Waals surface area (Å²) in [5.74, 6) is 0.838. The van der Waals surface area contributed by atoms with Crippen LogP contribution in [0.5, 0.6) is 0 Å². The molecule has 0 aliphatic carbocycles. The van der Waals surface area contributed by atoms with Gasteiger partial charge in [0.25, 0.3) is 5.56 Å². The lowest BCUT2D eigenvalue weighted by Gasteiger charge is -2.15. The highest BCUT2D eigenvalue weighted by molar-refractivity contribution is 7.99. The monoisotopic (exact) mass is 330 g/mol. The first kappa shape index (κ1) is 15.1. The van der Waals surface area contributed by atoms with Crippen molar-refractivity contribution < 1.29 is 0 Å². The van der Waals surface area contributed by atoms with Gasteiger partial charge in [0.1, 0.15) is 0 Å². The second kappa shape index (κ2) is 6.15. The summed E-state index contributed by atoms with van der Waals surface area (Å²) in [6.45, 7) is 3.96. The number of aromatic nitrogens is 2. The molecule has 0 atom stereocenters. The van der Waals surface area contributed by atoms with Gasteiger partial charge in [-0.05, 0) is 42.5 Å². The van der Waals surface area contributed by atoms with Crippen LogP contribution < -0.4 is 5.56 Å². The minimum absolute atomic E-state index is 0.0630. The Labute approximate surface area is 138 Å². The third kappa shape index (κ3) is 2.53. The van der Waals surface area contributed by atoms with Gasteiger partial charge in [0, 0.05) is 5.02 Å². The molecule has 0 bridgehead atoms. The van der Waals surface area contributed by atoms with Crippen molar-refractivity contribution in [1.82, 2.24) is 9.55 Å². The molecule has 1 aromatic heterocycles. The molecule has 5 heteroatoms. The average molecular weight is 331 g/mol. The predicted molar refractivity (Wildman–Crippen MR) is 93.5 cm³/mol. The van der Waals surface area contributed by atoms with E-state index >= 15 is 0 Å². The summed E-state index contributed by atoms with van der Waals surface area (Å²) in [5, 5.41) is 1.95. The van der Waals surface area contributed by atoms with Gasteiger partial charge in [0.05, 0.1) is 16.6 Å². The van der Waals surface area contributed by atoms with Gasteiger partial charge in [-0.15, -0.1) is 0 Å². The quantitative estimate of drug-likeness (QED) is 0.525. The van der Waals surface area contributed by atoms with E-state index in [0.717, 1.165) is 22.5 Å². The number of fused-ring (bicyclic) bond motifs is 1. The summed E-state index contributed by atoms with van der Waals surface area (Å²) in [6, 6.07) is 13.0. The Hall–Kier alpha value is -1.78. The van der Waals surface area contributed by atoms with Crippen LogP contribution in [0.2, 0.25) is 5.02 Å². The first-order valence-corrected chi connectivity index (χ1v) is 8.40. The van der Waals surface area contributed by atoms with Crippen molar-refractivity contribution in [2.75, 3.05) is 5.75 Å². The fraction of sp³-hybridized carbons (Fsp3) is 0.176. The molecule has 0 aliphatic heterocycles. The molecule has 22 heavy (non-hydrogen) atoms. The first-order chi connectivity index (χ1) is 10.6. The van der Waals surface area contributed by atoms with Gasteiger partial charge in [0.15, 0.2) is 5.16 Å². The number of para-hydroxylation sites is 1. The van der Waals surface area contributed by atoms with Gasteiger partial charge < -0.3 is 0 Å². The lowest BCUT2D eigenvalue weighted by atomic mass is 10.2. The van der Waals surface area contributed by atoms with Crippen LogP contribution in [0.15, 0.2) is 52.4 Å². The molecule has 112 valence electrons. The molecule has 3 rings (SSSR count). The highest BCUT2D eigenvalue weighted by Gasteiger charge is 2.15. The van der Waals surface area contributed by atoms with E-state index < -0.39 is 0 Å². The van der Waals surface area contributed by atoms with Crippen LogP contribution in [-0.2, 0) is 0 Å². The summed E-state index contributed by atoms with van der Waals surface area (Å²) >= 11 is 7.77. The molecule has 0 saturated heterocycles. The van der Waals surface area contributed by atoms with Gasteiger partial charge >= 0.3 is 0 Å². The van der Waals surface area contributed by atoms with Gasteiger partial charge in [-0.1, -0.05) is 48.5 Å². The third-order valence-electron chi connectivity index (χ3n) is 3.50. The minimum atomic E-state index is -0.0630. The van der Waals surface area contributed by atoms with Crippen LogP contribution in [0.4, 0.5) is 0 Å². The second-order valence-corrected chi connectivity index (χ2v) is 6.51. The van der Waals surface area contributed by atoms with E-state index in [4.69, 9.17) is 11.6 Å². The fourth-order valence-electron chi connectivity index (χ4n) is 2.39. The molecule has 0 radical (unpaired) electrons. The number of halogens is 1. The van der Waals surface area contributed by atoms with E-state index in [1.807, 2.05) is 50.2 Å². The molecule has 0 N–H and O–H groups in total. The lowest BCUT2D eigenvalue weighted by molar-refractivity contribution is 0.815. The number of hydrogen-bond donors (Lipinski definition) is 0. The number of hydrogen-bond acceptors (Lipinski definition) is 3. The van der Waals surface area contributed by atoms with Gasteiger partial charge in [0.2, 0.25) is 0 Å². The van der Waals surface area contributed by atoms with Crippen LogP contribution in [-0.4, -0.2) is 15.3 Å². The molecule has 0 aliphatic rings. The van der Waals surface area contributed by atoms with Crippen molar-refractivity contribution in [3.05, 3.63) is 63.4 Å². The van der Waals surface area contributed by atoms with Crippen molar-refractivity contribution in [3.63, 3.8) is 0 Å². The smallest absolute Gasteiger partial charge is 0.266 e. The maximum atomic E-state index is 13.0.